The van der Waals surface area contributed by atoms with E-state index >= 15 is 0 Å². The fraction of sp³-hybridized carbons (Fsp3) is 0.500. The van der Waals surface area contributed by atoms with E-state index in [4.69, 9.17) is 9.57 Å². The Balaban J connectivity index is 1.36. The normalized spacial score (nSPS) is 20.0. The van der Waals surface area contributed by atoms with Crippen molar-refractivity contribution in [1.29, 1.82) is 0 Å². The first kappa shape index (κ1) is 25.4. The molecule has 2 N–H and O–H groups in total. The number of rotatable bonds is 12. The van der Waals surface area contributed by atoms with E-state index in [1.807, 2.05) is 36.2 Å². The van der Waals surface area contributed by atoms with Gasteiger partial charge in [0.2, 0.25) is 0 Å². The topological polar surface area (TPSA) is 66.9 Å². The first-order valence-electron chi connectivity index (χ1n) is 11.9. The van der Waals surface area contributed by atoms with Crippen LogP contribution in [0.1, 0.15) is 30.9 Å². The Morgan fingerprint density at radius 1 is 1.26 bits per heavy atom. The van der Waals surface area contributed by atoms with Crippen molar-refractivity contribution < 1.29 is 14.7 Å². The highest BCUT2D eigenvalue weighted by Crippen LogP contribution is 2.34. The number of hydrogen-bond donors (Lipinski definition) is 2. The first-order chi connectivity index (χ1) is 16.7. The van der Waals surface area contributed by atoms with Crippen LogP contribution in [0.4, 0.5) is 0 Å². The largest absolute Gasteiger partial charge is 0.497 e. The van der Waals surface area contributed by atoms with E-state index in [1.54, 1.807) is 25.6 Å². The molecule has 6 nitrogen and oxygen atoms in total. The Morgan fingerprint density at radius 3 is 2.94 bits per heavy atom. The molecule has 1 aliphatic heterocycles. The number of piperidine rings is 1. The Hall–Kier alpha value is -1.68. The van der Waals surface area contributed by atoms with Crippen molar-refractivity contribution >= 4 is 34.0 Å². The first-order valence-corrected chi connectivity index (χ1v) is 13.8. The van der Waals surface area contributed by atoms with Crippen molar-refractivity contribution in [2.75, 3.05) is 46.2 Å². The number of nitrogens with one attached hydrogen (secondary N) is 1. The van der Waals surface area contributed by atoms with Gasteiger partial charge in [-0.25, -0.2) is 0 Å². The van der Waals surface area contributed by atoms with Gasteiger partial charge >= 0.3 is 0 Å². The summed E-state index contributed by atoms with van der Waals surface area (Å²) in [6.45, 7) is 3.40. The third-order valence-corrected chi connectivity index (χ3v) is 8.91. The van der Waals surface area contributed by atoms with Crippen molar-refractivity contribution in [3.8, 4) is 5.75 Å². The fourth-order valence-electron chi connectivity index (χ4n) is 4.95. The number of ether oxygens (including phenoxy) is 1. The SMILES string of the molecule is CON[C@H](CC[C@@H]1CCN(CCSc2cccs2)C[C@@H]1CO)c1ccnc2ccc(OC)cc12. The van der Waals surface area contributed by atoms with Crippen LogP contribution in [0, 0.1) is 11.8 Å². The molecule has 0 unspecified atom stereocenters. The number of likely N-dealkylation sites (tertiary alicyclic amines) is 1. The summed E-state index contributed by atoms with van der Waals surface area (Å²) in [5.74, 6) is 2.75. The van der Waals surface area contributed by atoms with E-state index in [0.717, 1.165) is 66.9 Å². The lowest BCUT2D eigenvalue weighted by Gasteiger charge is -2.38. The lowest BCUT2D eigenvalue weighted by molar-refractivity contribution is 0.0434. The van der Waals surface area contributed by atoms with Crippen LogP contribution in [0.25, 0.3) is 10.9 Å². The van der Waals surface area contributed by atoms with Crippen molar-refractivity contribution in [3.05, 3.63) is 53.5 Å². The predicted molar refractivity (Wildman–Crippen MR) is 141 cm³/mol. The van der Waals surface area contributed by atoms with Crippen LogP contribution in [0.15, 0.2) is 52.2 Å². The molecule has 2 aromatic heterocycles. The number of fused-ring (bicyclic) bond motifs is 1. The summed E-state index contributed by atoms with van der Waals surface area (Å²) in [6.07, 6.45) is 4.95. The maximum Gasteiger partial charge on any atom is 0.119 e. The van der Waals surface area contributed by atoms with E-state index in [-0.39, 0.29) is 12.6 Å². The van der Waals surface area contributed by atoms with Crippen LogP contribution < -0.4 is 10.2 Å². The molecule has 0 amide bonds. The number of hydroxylamine groups is 1. The summed E-state index contributed by atoms with van der Waals surface area (Å²) in [4.78, 5) is 12.4. The van der Waals surface area contributed by atoms with E-state index in [1.165, 1.54) is 4.21 Å². The minimum atomic E-state index is 0.0437. The third kappa shape index (κ3) is 6.50. The number of methoxy groups -OCH3 is 1. The molecule has 8 heteroatoms. The molecule has 0 aliphatic carbocycles. The minimum Gasteiger partial charge on any atom is -0.497 e. The highest BCUT2D eigenvalue weighted by atomic mass is 32.2. The number of nitrogens with zero attached hydrogens (tertiary/aromatic N) is 2. The molecule has 1 fully saturated rings. The van der Waals surface area contributed by atoms with Crippen LogP contribution in [-0.2, 0) is 4.84 Å². The van der Waals surface area contributed by atoms with Crippen LogP contribution in [0.2, 0.25) is 0 Å². The van der Waals surface area contributed by atoms with Gasteiger partial charge in [-0.1, -0.05) is 6.07 Å². The average molecular weight is 502 g/mol. The van der Waals surface area contributed by atoms with Gasteiger partial charge in [-0.15, -0.1) is 23.1 Å². The Bertz CT molecular complexity index is 1020. The Morgan fingerprint density at radius 2 is 2.18 bits per heavy atom. The van der Waals surface area contributed by atoms with Gasteiger partial charge in [0.25, 0.3) is 0 Å². The van der Waals surface area contributed by atoms with Gasteiger partial charge in [-0.2, -0.15) is 5.48 Å². The van der Waals surface area contributed by atoms with E-state index in [0.29, 0.717) is 11.8 Å². The molecule has 184 valence electrons. The zero-order valence-corrected chi connectivity index (χ0v) is 21.6. The van der Waals surface area contributed by atoms with E-state index in [2.05, 4.69) is 38.9 Å². The summed E-state index contributed by atoms with van der Waals surface area (Å²) in [6, 6.07) is 12.4. The van der Waals surface area contributed by atoms with Gasteiger partial charge in [0.1, 0.15) is 5.75 Å². The zero-order chi connectivity index (χ0) is 23.8. The maximum atomic E-state index is 10.1. The van der Waals surface area contributed by atoms with Crippen molar-refractivity contribution in [3.63, 3.8) is 0 Å². The lowest BCUT2D eigenvalue weighted by Crippen LogP contribution is -2.43. The van der Waals surface area contributed by atoms with Crippen molar-refractivity contribution in [1.82, 2.24) is 15.4 Å². The molecule has 34 heavy (non-hydrogen) atoms. The zero-order valence-electron chi connectivity index (χ0n) is 20.0. The molecule has 1 aliphatic rings. The van der Waals surface area contributed by atoms with Gasteiger partial charge in [0.15, 0.2) is 0 Å². The van der Waals surface area contributed by atoms with E-state index in [9.17, 15) is 5.11 Å². The second-order valence-electron chi connectivity index (χ2n) is 8.81. The van der Waals surface area contributed by atoms with Gasteiger partial charge in [0, 0.05) is 37.0 Å². The summed E-state index contributed by atoms with van der Waals surface area (Å²) >= 11 is 3.74. The highest BCUT2D eigenvalue weighted by Gasteiger charge is 2.29. The number of aromatic nitrogens is 1. The number of benzene rings is 1. The fourth-order valence-corrected chi connectivity index (χ4v) is 6.81. The molecule has 4 rings (SSSR count). The second kappa shape index (κ2) is 12.9. The number of thiophene rings is 1. The van der Waals surface area contributed by atoms with Gasteiger partial charge in [-0.3, -0.25) is 4.98 Å². The molecule has 0 spiro atoms. The number of thioether (sulfide) groups is 1. The smallest absolute Gasteiger partial charge is 0.119 e. The van der Waals surface area contributed by atoms with Crippen molar-refractivity contribution in [2.45, 2.75) is 29.5 Å². The Kier molecular flexibility index (Phi) is 9.61. The number of hydrogen-bond acceptors (Lipinski definition) is 8. The number of pyridine rings is 1. The maximum absolute atomic E-state index is 10.1. The monoisotopic (exact) mass is 501 g/mol. The molecule has 3 atom stereocenters. The molecule has 0 bridgehead atoms. The summed E-state index contributed by atoms with van der Waals surface area (Å²) in [5.41, 5.74) is 5.32. The minimum absolute atomic E-state index is 0.0437. The Labute approximate surface area is 210 Å². The quantitative estimate of drug-likeness (QED) is 0.267. The molecule has 1 aromatic carbocycles. The standard InChI is InChI=1S/C26H35N3O3S2/c1-31-21-6-8-24-23(16-21)22(9-11-27-24)25(28-32-2)7-5-19-10-12-29(17-20(19)18-30)13-15-34-26-4-3-14-33-26/h3-4,6,8-9,11,14,16,19-20,25,28,30H,5,7,10,12-13,15,17-18H2,1-2H3/t19-,20-,25-/m1/s1. The predicted octanol–water partition coefficient (Wildman–Crippen LogP) is 5.00. The van der Waals surface area contributed by atoms with Gasteiger partial charge < -0.3 is 19.6 Å². The number of aliphatic hydroxyl groups is 1. The summed E-state index contributed by atoms with van der Waals surface area (Å²) in [5, 5.41) is 13.4. The molecule has 3 aromatic rings. The number of aliphatic hydroxyl groups excluding tert-OH is 1. The van der Waals surface area contributed by atoms with Gasteiger partial charge in [0.05, 0.1) is 30.0 Å². The second-order valence-corrected chi connectivity index (χ2v) is 11.2. The molecule has 3 heterocycles. The van der Waals surface area contributed by atoms with E-state index < -0.39 is 0 Å². The molecule has 0 radical (unpaired) electrons. The molecular formula is C26H35N3O3S2. The molecule has 1 saturated heterocycles. The van der Waals surface area contributed by atoms with Crippen LogP contribution in [0.3, 0.4) is 0 Å². The molecule has 0 saturated carbocycles. The third-order valence-electron chi connectivity index (χ3n) is 6.80. The average Bonchev–Trinajstić information content (AvgIpc) is 3.40. The van der Waals surface area contributed by atoms with Crippen LogP contribution >= 0.6 is 23.1 Å². The van der Waals surface area contributed by atoms with Crippen LogP contribution in [0.5, 0.6) is 5.75 Å². The highest BCUT2D eigenvalue weighted by molar-refractivity contribution is 8.01. The summed E-state index contributed by atoms with van der Waals surface area (Å²) in [7, 11) is 3.35. The lowest BCUT2D eigenvalue weighted by atomic mass is 9.81. The van der Waals surface area contributed by atoms with Crippen LogP contribution in [-0.4, -0.2) is 61.2 Å². The van der Waals surface area contributed by atoms with Crippen molar-refractivity contribution in [2.24, 2.45) is 11.8 Å². The van der Waals surface area contributed by atoms with Gasteiger partial charge in [-0.05, 0) is 78.9 Å². The molecular weight excluding hydrogens is 466 g/mol. The summed E-state index contributed by atoms with van der Waals surface area (Å²) < 4.78 is 6.83.